The fourth-order valence-corrected chi connectivity index (χ4v) is 3.54. The van der Waals surface area contributed by atoms with Crippen LogP contribution < -0.4 is 4.74 Å². The minimum Gasteiger partial charge on any atom is -0.490 e. The molecule has 0 spiro atoms. The van der Waals surface area contributed by atoms with E-state index in [4.69, 9.17) is 9.47 Å². The van der Waals surface area contributed by atoms with E-state index in [9.17, 15) is 4.79 Å². The molecule has 4 aromatic heterocycles. The minimum absolute atomic E-state index is 0.357. The van der Waals surface area contributed by atoms with E-state index in [-0.39, 0.29) is 6.04 Å². The Morgan fingerprint density at radius 3 is 2.71 bits per heavy atom. The number of amides is 1. The summed E-state index contributed by atoms with van der Waals surface area (Å²) in [6.45, 7) is 4.81. The number of carbonyl (C=O) groups excluding carboxylic acids is 1. The fraction of sp³-hybridized carbons (Fsp3) is 0.292. The van der Waals surface area contributed by atoms with Gasteiger partial charge in [-0.1, -0.05) is 0 Å². The average Bonchev–Trinajstić information content (AvgIpc) is 3.46. The molecule has 0 radical (unpaired) electrons. The van der Waals surface area contributed by atoms with Crippen molar-refractivity contribution in [2.24, 2.45) is 7.05 Å². The van der Waals surface area contributed by atoms with Crippen LogP contribution in [0.15, 0.2) is 49.2 Å². The number of carbonyl (C=O) groups is 1. The highest BCUT2D eigenvalue weighted by molar-refractivity contribution is 5.63. The van der Waals surface area contributed by atoms with Crippen LogP contribution in [0.3, 0.4) is 0 Å². The van der Waals surface area contributed by atoms with E-state index in [0.717, 1.165) is 28.8 Å². The highest BCUT2D eigenvalue weighted by Gasteiger charge is 2.19. The average molecular weight is 462 g/mol. The van der Waals surface area contributed by atoms with Crippen molar-refractivity contribution in [3.05, 3.63) is 66.3 Å². The first-order valence-electron chi connectivity index (χ1n) is 10.8. The van der Waals surface area contributed by atoms with Gasteiger partial charge in [-0.15, -0.1) is 10.2 Å². The predicted molar refractivity (Wildman–Crippen MR) is 127 cm³/mol. The Labute approximate surface area is 197 Å². The summed E-state index contributed by atoms with van der Waals surface area (Å²) in [6, 6.07) is 5.42. The molecule has 1 amide bonds. The second-order valence-corrected chi connectivity index (χ2v) is 7.87. The second kappa shape index (κ2) is 10.3. The zero-order valence-corrected chi connectivity index (χ0v) is 19.6. The number of nitrogens with zero attached hydrogens (tertiary/aromatic N) is 7. The number of fused-ring (bicyclic) bond motifs is 1. The van der Waals surface area contributed by atoms with E-state index in [0.29, 0.717) is 30.4 Å². The molecule has 4 aromatic rings. The third-order valence-electron chi connectivity index (χ3n) is 5.46. The molecule has 0 aromatic carbocycles. The van der Waals surface area contributed by atoms with Crippen LogP contribution >= 0.6 is 0 Å². The summed E-state index contributed by atoms with van der Waals surface area (Å²) in [5.74, 6) is 1.32. The number of rotatable bonds is 10. The van der Waals surface area contributed by atoms with Crippen molar-refractivity contribution in [2.45, 2.75) is 19.9 Å². The molecule has 0 saturated carbocycles. The Hall–Kier alpha value is -4.05. The van der Waals surface area contributed by atoms with Gasteiger partial charge < -0.3 is 14.4 Å². The lowest BCUT2D eigenvalue weighted by molar-refractivity contribution is -0.117. The summed E-state index contributed by atoms with van der Waals surface area (Å²) >= 11 is 0. The monoisotopic (exact) mass is 461 g/mol. The first-order chi connectivity index (χ1) is 16.5. The molecule has 176 valence electrons. The summed E-state index contributed by atoms with van der Waals surface area (Å²) in [4.78, 5) is 17.9. The molecular formula is C24H27N7O3. The van der Waals surface area contributed by atoms with Gasteiger partial charge in [0.25, 0.3) is 0 Å². The van der Waals surface area contributed by atoms with Crippen LogP contribution in [-0.2, 0) is 16.6 Å². The lowest BCUT2D eigenvalue weighted by Gasteiger charge is -2.20. The zero-order chi connectivity index (χ0) is 24.1. The summed E-state index contributed by atoms with van der Waals surface area (Å²) in [5.41, 5.74) is 4.34. The van der Waals surface area contributed by atoms with Gasteiger partial charge in [-0.3, -0.25) is 18.9 Å². The van der Waals surface area contributed by atoms with Gasteiger partial charge in [0.2, 0.25) is 6.41 Å². The largest absolute Gasteiger partial charge is 0.490 e. The van der Waals surface area contributed by atoms with Crippen molar-refractivity contribution in [3.63, 3.8) is 0 Å². The Balaban J connectivity index is 1.55. The van der Waals surface area contributed by atoms with Crippen molar-refractivity contribution in [2.75, 3.05) is 20.3 Å². The van der Waals surface area contributed by atoms with Gasteiger partial charge in [0, 0.05) is 43.9 Å². The van der Waals surface area contributed by atoms with Gasteiger partial charge >= 0.3 is 0 Å². The van der Waals surface area contributed by atoms with Crippen LogP contribution in [-0.4, -0.2) is 61.0 Å². The van der Waals surface area contributed by atoms with E-state index in [1.54, 1.807) is 36.5 Å². The Morgan fingerprint density at radius 1 is 1.15 bits per heavy atom. The van der Waals surface area contributed by atoms with Gasteiger partial charge in [0.05, 0.1) is 30.7 Å². The number of methoxy groups -OCH3 is 1. The minimum atomic E-state index is -0.357. The molecule has 0 bridgehead atoms. The third-order valence-corrected chi connectivity index (χ3v) is 5.46. The van der Waals surface area contributed by atoms with Crippen LogP contribution in [0.25, 0.3) is 22.9 Å². The Bertz CT molecular complexity index is 1310. The van der Waals surface area contributed by atoms with Gasteiger partial charge in [-0.25, -0.2) is 0 Å². The molecule has 4 rings (SSSR count). The van der Waals surface area contributed by atoms with Gasteiger partial charge in [-0.05, 0) is 43.7 Å². The van der Waals surface area contributed by atoms with Crippen LogP contribution in [0.2, 0.25) is 0 Å². The summed E-state index contributed by atoms with van der Waals surface area (Å²) in [6.07, 6.45) is 11.6. The van der Waals surface area contributed by atoms with Crippen LogP contribution in [0.4, 0.5) is 0 Å². The van der Waals surface area contributed by atoms with Crippen LogP contribution in [0, 0.1) is 6.92 Å². The molecule has 0 unspecified atom stereocenters. The third kappa shape index (κ3) is 4.96. The number of hydrogen-bond acceptors (Lipinski definition) is 7. The summed E-state index contributed by atoms with van der Waals surface area (Å²) in [7, 11) is 3.50. The van der Waals surface area contributed by atoms with Gasteiger partial charge in [0.1, 0.15) is 12.4 Å². The standard InChI is InChI=1S/C24H27N7O3/c1-17-11-21(34-10-9-33-4)13-25-22(17)7-8-30(16-32)18(2)24-28-27-23-6-5-19(15-31(23)24)20-12-26-29(3)14-20/h5-8,11-16,18H,9-10H2,1-4H3/b8-7-/t18-/m0/s1. The van der Waals surface area contributed by atoms with Crippen LogP contribution in [0.5, 0.6) is 5.75 Å². The first kappa shape index (κ1) is 23.1. The molecule has 0 aliphatic carbocycles. The van der Waals surface area contributed by atoms with E-state index in [1.807, 2.05) is 55.9 Å². The van der Waals surface area contributed by atoms with E-state index < -0.39 is 0 Å². The molecule has 0 aliphatic rings. The molecule has 4 heterocycles. The van der Waals surface area contributed by atoms with E-state index in [1.165, 1.54) is 4.90 Å². The highest BCUT2D eigenvalue weighted by Crippen LogP contribution is 2.24. The maximum atomic E-state index is 11.9. The number of hydrogen-bond donors (Lipinski definition) is 0. The number of aromatic nitrogens is 6. The van der Waals surface area contributed by atoms with Gasteiger partial charge in [0.15, 0.2) is 11.5 Å². The maximum absolute atomic E-state index is 11.9. The normalized spacial score (nSPS) is 12.4. The quantitative estimate of drug-likeness (QED) is 0.264. The fourth-order valence-electron chi connectivity index (χ4n) is 3.54. The molecule has 0 aliphatic heterocycles. The van der Waals surface area contributed by atoms with Crippen molar-refractivity contribution in [3.8, 4) is 16.9 Å². The Morgan fingerprint density at radius 2 is 2.00 bits per heavy atom. The predicted octanol–water partition coefficient (Wildman–Crippen LogP) is 3.05. The topological polar surface area (TPSA) is 99.7 Å². The van der Waals surface area contributed by atoms with Crippen molar-refractivity contribution in [1.29, 1.82) is 0 Å². The number of pyridine rings is 2. The van der Waals surface area contributed by atoms with Gasteiger partial charge in [-0.2, -0.15) is 5.10 Å². The molecule has 0 fully saturated rings. The van der Waals surface area contributed by atoms with Crippen molar-refractivity contribution >= 4 is 18.1 Å². The van der Waals surface area contributed by atoms with Crippen molar-refractivity contribution < 1.29 is 14.3 Å². The second-order valence-electron chi connectivity index (χ2n) is 7.87. The zero-order valence-electron chi connectivity index (χ0n) is 19.6. The number of ether oxygens (including phenoxy) is 2. The summed E-state index contributed by atoms with van der Waals surface area (Å²) < 4.78 is 14.2. The van der Waals surface area contributed by atoms with Crippen molar-refractivity contribution in [1.82, 2.24) is 34.3 Å². The number of aryl methyl sites for hydroxylation is 2. The molecule has 0 N–H and O–H groups in total. The van der Waals surface area contributed by atoms with Crippen LogP contribution in [0.1, 0.15) is 30.0 Å². The highest BCUT2D eigenvalue weighted by atomic mass is 16.5. The molecule has 0 saturated heterocycles. The SMILES string of the molecule is COCCOc1cnc(/C=C\N(C=O)[C@@H](C)c2nnc3ccc(-c4cnn(C)c4)cn23)c(C)c1. The lowest BCUT2D eigenvalue weighted by atomic mass is 10.1. The molecule has 34 heavy (non-hydrogen) atoms. The Kier molecular flexibility index (Phi) is 6.98. The lowest BCUT2D eigenvalue weighted by Crippen LogP contribution is -2.21. The first-order valence-corrected chi connectivity index (χ1v) is 10.8. The molecule has 10 heteroatoms. The smallest absolute Gasteiger partial charge is 0.214 e. The summed E-state index contributed by atoms with van der Waals surface area (Å²) in [5, 5.41) is 12.8. The molecular weight excluding hydrogens is 434 g/mol. The van der Waals surface area contributed by atoms with E-state index in [2.05, 4.69) is 20.3 Å². The van der Waals surface area contributed by atoms with E-state index >= 15 is 0 Å². The molecule has 1 atom stereocenters. The maximum Gasteiger partial charge on any atom is 0.214 e. The molecule has 10 nitrogen and oxygen atoms in total.